The van der Waals surface area contributed by atoms with Crippen LogP contribution in [-0.4, -0.2) is 29.3 Å². The maximum Gasteiger partial charge on any atom is 0.247 e. The zero-order chi connectivity index (χ0) is 18.2. The summed E-state index contributed by atoms with van der Waals surface area (Å²) in [5.74, 6) is -0.308. The molecule has 1 aliphatic rings. The molecule has 4 nitrogen and oxygen atoms in total. The number of hydrogen-bond acceptors (Lipinski definition) is 2. The van der Waals surface area contributed by atoms with Crippen molar-refractivity contribution in [3.05, 3.63) is 84.5 Å². The Kier molecular flexibility index (Phi) is 6.52. The van der Waals surface area contributed by atoms with E-state index in [9.17, 15) is 9.59 Å². The number of allylic oxidation sites excluding steroid dienone is 4. The van der Waals surface area contributed by atoms with Gasteiger partial charge >= 0.3 is 0 Å². The fourth-order valence-electron chi connectivity index (χ4n) is 2.89. The molecule has 0 fully saturated rings. The van der Waals surface area contributed by atoms with E-state index in [-0.39, 0.29) is 11.8 Å². The Morgan fingerprint density at radius 2 is 2.04 bits per heavy atom. The molecule has 1 aromatic carbocycles. The summed E-state index contributed by atoms with van der Waals surface area (Å²) < 4.78 is 0. The molecule has 2 rings (SSSR count). The molecule has 1 atom stereocenters. The topological polar surface area (TPSA) is 49.4 Å². The summed E-state index contributed by atoms with van der Waals surface area (Å²) >= 11 is 0. The minimum Gasteiger partial charge on any atom is -0.355 e. The van der Waals surface area contributed by atoms with Gasteiger partial charge in [0.1, 0.15) is 6.04 Å². The largest absolute Gasteiger partial charge is 0.355 e. The van der Waals surface area contributed by atoms with Crippen LogP contribution in [0.3, 0.4) is 0 Å². The Labute approximate surface area is 149 Å². The first kappa shape index (κ1) is 18.5. The molecular weight excluding hydrogens is 312 g/mol. The van der Waals surface area contributed by atoms with Crippen molar-refractivity contribution in [1.29, 1.82) is 0 Å². The van der Waals surface area contributed by atoms with Crippen LogP contribution in [0.2, 0.25) is 0 Å². The van der Waals surface area contributed by atoms with E-state index in [0.29, 0.717) is 19.5 Å². The molecule has 1 aliphatic heterocycles. The SMILES string of the molecule is C=C/C=C(\C=C)C1=CC(=O)N(Cc2ccccc2)C(C(=O)NCC)C1. The van der Waals surface area contributed by atoms with Crippen LogP contribution in [0.5, 0.6) is 0 Å². The number of hydrogen-bond donors (Lipinski definition) is 1. The van der Waals surface area contributed by atoms with E-state index in [1.54, 1.807) is 29.2 Å². The van der Waals surface area contributed by atoms with E-state index in [1.807, 2.05) is 37.3 Å². The quantitative estimate of drug-likeness (QED) is 0.778. The highest BCUT2D eigenvalue weighted by Crippen LogP contribution is 2.27. The lowest BCUT2D eigenvalue weighted by atomic mass is 9.92. The summed E-state index contributed by atoms with van der Waals surface area (Å²) in [7, 11) is 0. The maximum atomic E-state index is 12.7. The van der Waals surface area contributed by atoms with Crippen molar-refractivity contribution < 1.29 is 9.59 Å². The first-order chi connectivity index (χ1) is 12.1. The standard InChI is InChI=1S/C21H24N2O2/c1-4-10-17(5-2)18-13-19(21(25)22-6-3)23(20(24)14-18)15-16-11-8-7-9-12-16/h4-5,7-12,14,19H,1-2,6,13,15H2,3H3,(H,22,25)/b17-10+. The Morgan fingerprint density at radius 3 is 2.64 bits per heavy atom. The number of likely N-dealkylation sites (N-methyl/N-ethyl adjacent to an activating group) is 1. The van der Waals surface area contributed by atoms with Crippen LogP contribution in [0, 0.1) is 0 Å². The summed E-state index contributed by atoms with van der Waals surface area (Å²) in [4.78, 5) is 26.9. The Morgan fingerprint density at radius 1 is 1.32 bits per heavy atom. The van der Waals surface area contributed by atoms with Crippen molar-refractivity contribution in [2.45, 2.75) is 25.9 Å². The zero-order valence-electron chi connectivity index (χ0n) is 14.6. The van der Waals surface area contributed by atoms with Crippen LogP contribution >= 0.6 is 0 Å². The fraction of sp³-hybridized carbons (Fsp3) is 0.238. The van der Waals surface area contributed by atoms with Gasteiger partial charge in [0.25, 0.3) is 0 Å². The van der Waals surface area contributed by atoms with E-state index >= 15 is 0 Å². The lowest BCUT2D eigenvalue weighted by Crippen LogP contribution is -2.51. The summed E-state index contributed by atoms with van der Waals surface area (Å²) in [5.41, 5.74) is 2.62. The highest BCUT2D eigenvalue weighted by Gasteiger charge is 2.33. The van der Waals surface area contributed by atoms with Gasteiger partial charge in [-0.05, 0) is 23.6 Å². The molecular formula is C21H24N2O2. The van der Waals surface area contributed by atoms with Crippen molar-refractivity contribution in [3.8, 4) is 0 Å². The monoisotopic (exact) mass is 336 g/mol. The van der Waals surface area contributed by atoms with Gasteiger partial charge < -0.3 is 10.2 Å². The van der Waals surface area contributed by atoms with Gasteiger partial charge in [0.05, 0.1) is 0 Å². The first-order valence-corrected chi connectivity index (χ1v) is 8.39. The average Bonchev–Trinajstić information content (AvgIpc) is 2.62. The van der Waals surface area contributed by atoms with Crippen molar-refractivity contribution >= 4 is 11.8 Å². The highest BCUT2D eigenvalue weighted by molar-refractivity contribution is 5.96. The van der Waals surface area contributed by atoms with Gasteiger partial charge in [0, 0.05) is 25.6 Å². The van der Waals surface area contributed by atoms with Gasteiger partial charge in [-0.15, -0.1) is 0 Å². The molecule has 0 aromatic heterocycles. The van der Waals surface area contributed by atoms with Crippen LogP contribution in [-0.2, 0) is 16.1 Å². The molecule has 0 spiro atoms. The van der Waals surface area contributed by atoms with Gasteiger partial charge in [-0.1, -0.05) is 61.7 Å². The maximum absolute atomic E-state index is 12.7. The molecule has 0 radical (unpaired) electrons. The molecule has 0 bridgehead atoms. The van der Waals surface area contributed by atoms with Gasteiger partial charge in [-0.2, -0.15) is 0 Å². The molecule has 130 valence electrons. The molecule has 1 unspecified atom stereocenters. The minimum atomic E-state index is -0.541. The normalized spacial score (nSPS) is 17.7. The summed E-state index contributed by atoms with van der Waals surface area (Å²) in [6.07, 6.45) is 7.18. The average molecular weight is 336 g/mol. The van der Waals surface area contributed by atoms with Gasteiger partial charge in [-0.25, -0.2) is 0 Å². The third-order valence-corrected chi connectivity index (χ3v) is 4.11. The van der Waals surface area contributed by atoms with Crippen LogP contribution in [0.1, 0.15) is 18.9 Å². The smallest absolute Gasteiger partial charge is 0.247 e. The molecule has 0 aliphatic carbocycles. The van der Waals surface area contributed by atoms with Crippen LogP contribution in [0.25, 0.3) is 0 Å². The predicted molar refractivity (Wildman–Crippen MR) is 101 cm³/mol. The Bertz CT molecular complexity index is 717. The highest BCUT2D eigenvalue weighted by atomic mass is 16.2. The second-order valence-corrected chi connectivity index (χ2v) is 5.80. The number of nitrogens with zero attached hydrogens (tertiary/aromatic N) is 1. The van der Waals surface area contributed by atoms with E-state index in [0.717, 1.165) is 16.7 Å². The number of carbonyl (C=O) groups excluding carboxylic acids is 2. The van der Waals surface area contributed by atoms with Gasteiger partial charge in [0.15, 0.2) is 0 Å². The van der Waals surface area contributed by atoms with Crippen molar-refractivity contribution in [3.63, 3.8) is 0 Å². The second-order valence-electron chi connectivity index (χ2n) is 5.80. The zero-order valence-corrected chi connectivity index (χ0v) is 14.6. The number of benzene rings is 1. The van der Waals surface area contributed by atoms with Crippen LogP contribution < -0.4 is 5.32 Å². The molecule has 25 heavy (non-hydrogen) atoms. The minimum absolute atomic E-state index is 0.139. The second kappa shape index (κ2) is 8.83. The van der Waals surface area contributed by atoms with E-state index in [1.165, 1.54) is 0 Å². The van der Waals surface area contributed by atoms with Crippen LogP contribution in [0.4, 0.5) is 0 Å². The van der Waals surface area contributed by atoms with Crippen molar-refractivity contribution in [2.75, 3.05) is 6.54 Å². The number of carbonyl (C=O) groups is 2. The van der Waals surface area contributed by atoms with Gasteiger partial charge in [0.2, 0.25) is 11.8 Å². The molecule has 4 heteroatoms. The number of amides is 2. The Hall–Kier alpha value is -2.88. The van der Waals surface area contributed by atoms with E-state index < -0.39 is 6.04 Å². The molecule has 1 heterocycles. The molecule has 1 N–H and O–H groups in total. The summed E-state index contributed by atoms with van der Waals surface area (Å²) in [6, 6.07) is 9.14. The molecule has 2 amide bonds. The van der Waals surface area contributed by atoms with Crippen LogP contribution in [0.15, 0.2) is 78.9 Å². The third kappa shape index (κ3) is 4.57. The molecule has 1 aromatic rings. The Balaban J connectivity index is 2.35. The summed E-state index contributed by atoms with van der Waals surface area (Å²) in [6.45, 7) is 10.3. The lowest BCUT2D eigenvalue weighted by molar-refractivity contribution is -0.138. The summed E-state index contributed by atoms with van der Waals surface area (Å²) in [5, 5.41) is 2.84. The van der Waals surface area contributed by atoms with E-state index in [2.05, 4.69) is 18.5 Å². The third-order valence-electron chi connectivity index (χ3n) is 4.11. The lowest BCUT2D eigenvalue weighted by Gasteiger charge is -2.34. The molecule has 0 saturated heterocycles. The van der Waals surface area contributed by atoms with E-state index in [4.69, 9.17) is 0 Å². The first-order valence-electron chi connectivity index (χ1n) is 8.39. The number of rotatable bonds is 7. The predicted octanol–water partition coefficient (Wildman–Crippen LogP) is 3.15. The van der Waals surface area contributed by atoms with Crippen molar-refractivity contribution in [1.82, 2.24) is 10.2 Å². The fourth-order valence-corrected chi connectivity index (χ4v) is 2.89. The van der Waals surface area contributed by atoms with Crippen molar-refractivity contribution in [2.24, 2.45) is 0 Å². The van der Waals surface area contributed by atoms with Gasteiger partial charge in [-0.3, -0.25) is 9.59 Å². The number of nitrogens with one attached hydrogen (secondary N) is 1. The molecule has 0 saturated carbocycles.